The first-order valence-corrected chi connectivity index (χ1v) is 5.25. The van der Waals surface area contributed by atoms with Crippen LogP contribution in [0.15, 0.2) is 48.1 Å². The molecule has 0 unspecified atom stereocenters. The Morgan fingerprint density at radius 1 is 1.29 bits per heavy atom. The van der Waals surface area contributed by atoms with Gasteiger partial charge in [-0.1, -0.05) is 53.6 Å². The fourth-order valence-corrected chi connectivity index (χ4v) is 1.88. The van der Waals surface area contributed by atoms with Gasteiger partial charge in [-0.15, -0.1) is 0 Å². The van der Waals surface area contributed by atoms with E-state index in [1.54, 1.807) is 5.57 Å². The highest BCUT2D eigenvalue weighted by Gasteiger charge is 2.01. The largest absolute Gasteiger partial charge is 0.0842 e. The molecule has 1 aliphatic rings. The molecule has 0 amide bonds. The molecular formula is C14H16. The van der Waals surface area contributed by atoms with Crippen molar-refractivity contribution in [2.45, 2.75) is 26.2 Å². The molecule has 0 fully saturated rings. The van der Waals surface area contributed by atoms with E-state index in [2.05, 4.69) is 49.4 Å². The Bertz CT molecular complexity index is 369. The van der Waals surface area contributed by atoms with E-state index in [0.29, 0.717) is 0 Å². The second-order valence-corrected chi connectivity index (χ2v) is 3.96. The number of hydrogen-bond donors (Lipinski definition) is 0. The van der Waals surface area contributed by atoms with Gasteiger partial charge in [0.15, 0.2) is 0 Å². The third-order valence-corrected chi connectivity index (χ3v) is 2.61. The van der Waals surface area contributed by atoms with E-state index >= 15 is 0 Å². The first kappa shape index (κ1) is 9.26. The number of benzene rings is 1. The summed E-state index contributed by atoms with van der Waals surface area (Å²) in [5.41, 5.74) is 4.35. The van der Waals surface area contributed by atoms with Gasteiger partial charge in [0, 0.05) is 0 Å². The van der Waals surface area contributed by atoms with Crippen LogP contribution in [0.3, 0.4) is 0 Å². The second kappa shape index (κ2) is 4.28. The summed E-state index contributed by atoms with van der Waals surface area (Å²) in [6.07, 6.45) is 10.2. The van der Waals surface area contributed by atoms with Gasteiger partial charge >= 0.3 is 0 Å². The average Bonchev–Trinajstić information content (AvgIpc) is 2.19. The van der Waals surface area contributed by atoms with Crippen molar-refractivity contribution in [1.29, 1.82) is 0 Å². The summed E-state index contributed by atoms with van der Waals surface area (Å²) < 4.78 is 0. The zero-order chi connectivity index (χ0) is 9.80. The minimum atomic E-state index is 1.12. The molecular weight excluding hydrogens is 168 g/mol. The number of rotatable bonds is 2. The Hall–Kier alpha value is -1.30. The molecule has 14 heavy (non-hydrogen) atoms. The zero-order valence-corrected chi connectivity index (χ0v) is 8.66. The van der Waals surface area contributed by atoms with Gasteiger partial charge in [-0.25, -0.2) is 0 Å². The van der Waals surface area contributed by atoms with Crippen LogP contribution in [0.2, 0.25) is 0 Å². The summed E-state index contributed by atoms with van der Waals surface area (Å²) in [7, 11) is 0. The molecule has 0 spiro atoms. The smallest absolute Gasteiger partial charge is 0.00638 e. The molecule has 0 saturated heterocycles. The topological polar surface area (TPSA) is 0 Å². The quantitative estimate of drug-likeness (QED) is 0.655. The van der Waals surface area contributed by atoms with Crippen LogP contribution in [0.1, 0.15) is 24.0 Å². The average molecular weight is 184 g/mol. The molecule has 72 valence electrons. The van der Waals surface area contributed by atoms with Crippen molar-refractivity contribution < 1.29 is 0 Å². The van der Waals surface area contributed by atoms with Crippen molar-refractivity contribution in [2.24, 2.45) is 0 Å². The third kappa shape index (κ3) is 2.35. The Labute approximate surface area is 86.0 Å². The van der Waals surface area contributed by atoms with Gasteiger partial charge in [-0.05, 0) is 31.7 Å². The maximum atomic E-state index is 2.28. The van der Waals surface area contributed by atoms with E-state index in [4.69, 9.17) is 0 Å². The van der Waals surface area contributed by atoms with Crippen LogP contribution in [-0.4, -0.2) is 0 Å². The van der Waals surface area contributed by atoms with Crippen molar-refractivity contribution in [1.82, 2.24) is 0 Å². The summed E-state index contributed by atoms with van der Waals surface area (Å²) >= 11 is 0. The minimum absolute atomic E-state index is 1.12. The van der Waals surface area contributed by atoms with E-state index < -0.39 is 0 Å². The first-order valence-electron chi connectivity index (χ1n) is 5.25. The first-order chi connectivity index (χ1) is 6.84. The maximum absolute atomic E-state index is 2.28. The molecule has 0 heteroatoms. The zero-order valence-electron chi connectivity index (χ0n) is 8.66. The summed E-state index contributed by atoms with van der Waals surface area (Å²) in [6, 6.07) is 8.79. The molecule has 0 radical (unpaired) electrons. The van der Waals surface area contributed by atoms with E-state index in [1.807, 2.05) is 0 Å². The summed E-state index contributed by atoms with van der Waals surface area (Å²) in [6.45, 7) is 2.15. The van der Waals surface area contributed by atoms with Gasteiger partial charge in [-0.3, -0.25) is 0 Å². The highest BCUT2D eigenvalue weighted by molar-refractivity contribution is 5.29. The lowest BCUT2D eigenvalue weighted by Gasteiger charge is -2.09. The molecule has 2 rings (SSSR count). The van der Waals surface area contributed by atoms with Crippen LogP contribution in [0.4, 0.5) is 0 Å². The van der Waals surface area contributed by atoms with Gasteiger partial charge in [-0.2, -0.15) is 0 Å². The fraction of sp³-hybridized carbons (Fsp3) is 0.286. The van der Waals surface area contributed by atoms with Gasteiger partial charge in [0.2, 0.25) is 0 Å². The van der Waals surface area contributed by atoms with Gasteiger partial charge in [0.25, 0.3) is 0 Å². The van der Waals surface area contributed by atoms with Crippen molar-refractivity contribution >= 4 is 0 Å². The van der Waals surface area contributed by atoms with E-state index in [9.17, 15) is 0 Å². The molecule has 0 aromatic heterocycles. The monoisotopic (exact) mass is 184 g/mol. The van der Waals surface area contributed by atoms with Crippen molar-refractivity contribution in [2.75, 3.05) is 0 Å². The molecule has 1 aromatic rings. The molecule has 0 saturated carbocycles. The van der Waals surface area contributed by atoms with Crippen molar-refractivity contribution in [3.05, 3.63) is 59.2 Å². The predicted octanol–water partition coefficient (Wildman–Crippen LogP) is 3.81. The minimum Gasteiger partial charge on any atom is -0.0842 e. The molecule has 0 atom stereocenters. The fourth-order valence-electron chi connectivity index (χ4n) is 1.88. The highest BCUT2D eigenvalue weighted by Crippen LogP contribution is 2.17. The van der Waals surface area contributed by atoms with Crippen molar-refractivity contribution in [3.63, 3.8) is 0 Å². The van der Waals surface area contributed by atoms with Crippen molar-refractivity contribution in [3.8, 4) is 0 Å². The molecule has 0 N–H and O–H groups in total. The number of allylic oxidation sites excluding steroid dienone is 4. The molecule has 1 aliphatic carbocycles. The van der Waals surface area contributed by atoms with Gasteiger partial charge in [0.05, 0.1) is 0 Å². The molecule has 0 bridgehead atoms. The summed E-state index contributed by atoms with van der Waals surface area (Å²) in [5.74, 6) is 0. The van der Waals surface area contributed by atoms with Crippen LogP contribution in [0, 0.1) is 6.92 Å². The van der Waals surface area contributed by atoms with Crippen LogP contribution < -0.4 is 0 Å². The standard InChI is InChI=1S/C14H16/c1-12-6-5-9-14(10-12)11-13-7-3-2-4-8-13/h2-3,5-7,9-10H,4,8,11H2,1H3. The lowest BCUT2D eigenvalue weighted by molar-refractivity contribution is 0.910. The summed E-state index contributed by atoms with van der Waals surface area (Å²) in [4.78, 5) is 0. The van der Waals surface area contributed by atoms with E-state index in [0.717, 1.165) is 6.42 Å². The Kier molecular flexibility index (Phi) is 2.83. The highest BCUT2D eigenvalue weighted by atomic mass is 14.1. The maximum Gasteiger partial charge on any atom is -0.00638 e. The predicted molar refractivity (Wildman–Crippen MR) is 61.3 cm³/mol. The molecule has 1 aromatic carbocycles. The van der Waals surface area contributed by atoms with Crippen LogP contribution in [0.25, 0.3) is 0 Å². The Morgan fingerprint density at radius 2 is 2.21 bits per heavy atom. The van der Waals surface area contributed by atoms with Crippen LogP contribution in [0.5, 0.6) is 0 Å². The second-order valence-electron chi connectivity index (χ2n) is 3.96. The summed E-state index contributed by atoms with van der Waals surface area (Å²) in [5, 5.41) is 0. The van der Waals surface area contributed by atoms with Crippen LogP contribution >= 0.6 is 0 Å². The number of aryl methyl sites for hydroxylation is 1. The molecule has 0 aliphatic heterocycles. The van der Waals surface area contributed by atoms with E-state index in [1.165, 1.54) is 24.0 Å². The lowest BCUT2D eigenvalue weighted by atomic mass is 9.97. The molecule has 0 nitrogen and oxygen atoms in total. The van der Waals surface area contributed by atoms with Gasteiger partial charge in [0.1, 0.15) is 0 Å². The SMILES string of the molecule is Cc1cccc(CC2=CC=CCC2)c1. The molecule has 0 heterocycles. The lowest BCUT2D eigenvalue weighted by Crippen LogP contribution is -1.93. The van der Waals surface area contributed by atoms with Crippen LogP contribution in [-0.2, 0) is 6.42 Å². The third-order valence-electron chi connectivity index (χ3n) is 2.61. The Morgan fingerprint density at radius 3 is 2.93 bits per heavy atom. The normalized spacial score (nSPS) is 15.4. The Balaban J connectivity index is 2.10. The van der Waals surface area contributed by atoms with E-state index in [-0.39, 0.29) is 0 Å². The van der Waals surface area contributed by atoms with Gasteiger partial charge < -0.3 is 0 Å². The number of hydrogen-bond acceptors (Lipinski definition) is 0.